The predicted molar refractivity (Wildman–Crippen MR) is 111 cm³/mol. The Morgan fingerprint density at radius 1 is 1.19 bits per heavy atom. The van der Waals surface area contributed by atoms with E-state index >= 15 is 0 Å². The van der Waals surface area contributed by atoms with Gasteiger partial charge in [-0.05, 0) is 36.6 Å². The molecular weight excluding hydrogens is 435 g/mol. The lowest BCUT2D eigenvalue weighted by Gasteiger charge is -2.32. The first kappa shape index (κ1) is 23.0. The summed E-state index contributed by atoms with van der Waals surface area (Å²) in [5.41, 5.74) is -0.00477. The maximum atomic E-state index is 12.8. The number of rotatable bonds is 6. The Bertz CT molecular complexity index is 932. The molecule has 1 fully saturated rings. The normalized spacial score (nSPS) is 15.0. The maximum absolute atomic E-state index is 12.8. The highest BCUT2D eigenvalue weighted by Crippen LogP contribution is 2.34. The van der Waals surface area contributed by atoms with Crippen LogP contribution in [-0.2, 0) is 17.5 Å². The first-order valence-electron chi connectivity index (χ1n) is 9.69. The standard InChI is InChI=1S/C21H23ClF3N3O3/c1-30-17-4-3-13(9-18(17)31-2)11-27-20(29)14-5-7-28(8-6-14)19-16(22)10-15(12-26-19)21(23,24)25/h3-4,9-10,12,14H,5-8,11H2,1-2H3,(H,27,29). The molecule has 0 atom stereocenters. The molecule has 0 radical (unpaired) electrons. The fraction of sp³-hybridized carbons (Fsp3) is 0.429. The molecule has 168 valence electrons. The second-order valence-electron chi connectivity index (χ2n) is 7.20. The molecule has 0 bridgehead atoms. The van der Waals surface area contributed by atoms with Gasteiger partial charge in [0.2, 0.25) is 5.91 Å². The van der Waals surface area contributed by atoms with Gasteiger partial charge in [0.15, 0.2) is 11.5 Å². The second-order valence-corrected chi connectivity index (χ2v) is 7.60. The number of carbonyl (C=O) groups excluding carboxylic acids is 1. The summed E-state index contributed by atoms with van der Waals surface area (Å²) >= 11 is 6.03. The van der Waals surface area contributed by atoms with E-state index < -0.39 is 11.7 Å². The van der Waals surface area contributed by atoms with Gasteiger partial charge in [0.05, 0.1) is 24.8 Å². The summed E-state index contributed by atoms with van der Waals surface area (Å²) in [4.78, 5) is 18.3. The number of aromatic nitrogens is 1. The number of halogens is 4. The Morgan fingerprint density at radius 3 is 2.45 bits per heavy atom. The molecule has 0 unspecified atom stereocenters. The Hall–Kier alpha value is -2.68. The lowest BCUT2D eigenvalue weighted by atomic mass is 9.95. The zero-order valence-electron chi connectivity index (χ0n) is 17.1. The minimum Gasteiger partial charge on any atom is -0.493 e. The van der Waals surface area contributed by atoms with Crippen LogP contribution in [-0.4, -0.2) is 38.2 Å². The zero-order valence-corrected chi connectivity index (χ0v) is 17.9. The average Bonchev–Trinajstić information content (AvgIpc) is 2.76. The summed E-state index contributed by atoms with van der Waals surface area (Å²) < 4.78 is 48.8. The van der Waals surface area contributed by atoms with Crippen molar-refractivity contribution in [1.29, 1.82) is 0 Å². The molecule has 1 N–H and O–H groups in total. The number of hydrogen-bond acceptors (Lipinski definition) is 5. The van der Waals surface area contributed by atoms with Gasteiger partial charge in [0.1, 0.15) is 5.82 Å². The number of piperidine rings is 1. The Kier molecular flexibility index (Phi) is 7.15. The number of carbonyl (C=O) groups is 1. The van der Waals surface area contributed by atoms with Crippen molar-refractivity contribution in [2.24, 2.45) is 5.92 Å². The van der Waals surface area contributed by atoms with Crippen LogP contribution < -0.4 is 19.7 Å². The fourth-order valence-corrected chi connectivity index (χ4v) is 3.78. The molecule has 10 heteroatoms. The van der Waals surface area contributed by atoms with E-state index in [4.69, 9.17) is 21.1 Å². The molecule has 0 aliphatic carbocycles. The second kappa shape index (κ2) is 9.64. The van der Waals surface area contributed by atoms with Gasteiger partial charge in [-0.15, -0.1) is 0 Å². The molecule has 1 aromatic heterocycles. The van der Waals surface area contributed by atoms with Crippen molar-refractivity contribution in [2.45, 2.75) is 25.6 Å². The lowest BCUT2D eigenvalue weighted by Crippen LogP contribution is -2.40. The van der Waals surface area contributed by atoms with Crippen LogP contribution in [0, 0.1) is 5.92 Å². The fourth-order valence-electron chi connectivity index (χ4n) is 3.50. The SMILES string of the molecule is COc1ccc(CNC(=O)C2CCN(c3ncc(C(F)(F)F)cc3Cl)CC2)cc1OC. The van der Waals surface area contributed by atoms with E-state index in [1.165, 1.54) is 0 Å². The molecule has 1 aliphatic heterocycles. The highest BCUT2D eigenvalue weighted by atomic mass is 35.5. The highest BCUT2D eigenvalue weighted by molar-refractivity contribution is 6.33. The number of ether oxygens (including phenoxy) is 2. The molecule has 1 aliphatic rings. The summed E-state index contributed by atoms with van der Waals surface area (Å²) in [7, 11) is 3.10. The number of nitrogens with one attached hydrogen (secondary N) is 1. The topological polar surface area (TPSA) is 63.7 Å². The molecule has 0 spiro atoms. The third kappa shape index (κ3) is 5.52. The monoisotopic (exact) mass is 457 g/mol. The number of methoxy groups -OCH3 is 2. The third-order valence-corrected chi connectivity index (χ3v) is 5.51. The predicted octanol–water partition coefficient (Wildman–Crippen LogP) is 4.30. The molecular formula is C21H23ClF3N3O3. The summed E-state index contributed by atoms with van der Waals surface area (Å²) in [5.74, 6) is 1.24. The number of amides is 1. The van der Waals surface area contributed by atoms with Crippen LogP contribution in [0.2, 0.25) is 5.02 Å². The summed E-state index contributed by atoms with van der Waals surface area (Å²) in [6.07, 6.45) is -2.61. The summed E-state index contributed by atoms with van der Waals surface area (Å²) in [5, 5.41) is 2.88. The molecule has 31 heavy (non-hydrogen) atoms. The van der Waals surface area contributed by atoms with Gasteiger partial charge in [-0.3, -0.25) is 4.79 Å². The molecule has 1 saturated heterocycles. The van der Waals surface area contributed by atoms with Crippen LogP contribution >= 0.6 is 11.6 Å². The van der Waals surface area contributed by atoms with Crippen LogP contribution in [0.4, 0.5) is 19.0 Å². The zero-order chi connectivity index (χ0) is 22.6. The van der Waals surface area contributed by atoms with Crippen LogP contribution in [0.3, 0.4) is 0 Å². The number of benzene rings is 1. The van der Waals surface area contributed by atoms with E-state index in [1.807, 2.05) is 6.07 Å². The van der Waals surface area contributed by atoms with E-state index in [9.17, 15) is 18.0 Å². The van der Waals surface area contributed by atoms with Gasteiger partial charge in [-0.2, -0.15) is 13.2 Å². The van der Waals surface area contributed by atoms with Crippen molar-refractivity contribution < 1.29 is 27.4 Å². The van der Waals surface area contributed by atoms with Crippen molar-refractivity contribution in [1.82, 2.24) is 10.3 Å². The Labute approximate surface area is 183 Å². The molecule has 2 heterocycles. The van der Waals surface area contributed by atoms with Crippen molar-refractivity contribution in [3.05, 3.63) is 46.6 Å². The molecule has 1 amide bonds. The molecule has 6 nitrogen and oxygen atoms in total. The van der Waals surface area contributed by atoms with Crippen molar-refractivity contribution >= 4 is 23.3 Å². The Balaban J connectivity index is 1.54. The number of pyridine rings is 1. The molecule has 3 rings (SSSR count). The van der Waals surface area contributed by atoms with Gasteiger partial charge in [0, 0.05) is 31.7 Å². The summed E-state index contributed by atoms with van der Waals surface area (Å²) in [6, 6.07) is 6.31. The average molecular weight is 458 g/mol. The maximum Gasteiger partial charge on any atom is 0.417 e. The first-order valence-corrected chi connectivity index (χ1v) is 10.1. The first-order chi connectivity index (χ1) is 14.7. The van der Waals surface area contributed by atoms with E-state index in [0.29, 0.717) is 49.8 Å². The number of alkyl halides is 3. The minimum atomic E-state index is -4.49. The smallest absolute Gasteiger partial charge is 0.417 e. The lowest BCUT2D eigenvalue weighted by molar-refractivity contribution is -0.137. The van der Waals surface area contributed by atoms with Gasteiger partial charge in [0.25, 0.3) is 0 Å². The van der Waals surface area contributed by atoms with Crippen LogP contribution in [0.25, 0.3) is 0 Å². The van der Waals surface area contributed by atoms with Crippen molar-refractivity contribution in [3.8, 4) is 11.5 Å². The van der Waals surface area contributed by atoms with Gasteiger partial charge in [-0.1, -0.05) is 17.7 Å². The number of anilines is 1. The highest BCUT2D eigenvalue weighted by Gasteiger charge is 2.33. The van der Waals surface area contributed by atoms with Crippen LogP contribution in [0.1, 0.15) is 24.0 Å². The van der Waals surface area contributed by atoms with E-state index in [1.54, 1.807) is 31.3 Å². The largest absolute Gasteiger partial charge is 0.493 e. The van der Waals surface area contributed by atoms with Gasteiger partial charge < -0.3 is 19.7 Å². The van der Waals surface area contributed by atoms with Gasteiger partial charge in [-0.25, -0.2) is 4.98 Å². The van der Waals surface area contributed by atoms with Crippen molar-refractivity contribution in [2.75, 3.05) is 32.2 Å². The Morgan fingerprint density at radius 2 is 1.87 bits per heavy atom. The van der Waals surface area contributed by atoms with Gasteiger partial charge >= 0.3 is 6.18 Å². The van der Waals surface area contributed by atoms with Crippen LogP contribution in [0.15, 0.2) is 30.5 Å². The van der Waals surface area contributed by atoms with Crippen molar-refractivity contribution in [3.63, 3.8) is 0 Å². The quantitative estimate of drug-likeness (QED) is 0.700. The third-order valence-electron chi connectivity index (χ3n) is 5.23. The van der Waals surface area contributed by atoms with E-state index in [-0.39, 0.29) is 16.8 Å². The molecule has 1 aromatic carbocycles. The number of hydrogen-bond donors (Lipinski definition) is 1. The number of nitrogens with zero attached hydrogens (tertiary/aromatic N) is 2. The summed E-state index contributed by atoms with van der Waals surface area (Å²) in [6.45, 7) is 1.31. The van der Waals surface area contributed by atoms with E-state index in [2.05, 4.69) is 10.3 Å². The van der Waals surface area contributed by atoms with Crippen LogP contribution in [0.5, 0.6) is 11.5 Å². The molecule has 0 saturated carbocycles. The van der Waals surface area contributed by atoms with E-state index in [0.717, 1.165) is 17.8 Å². The molecule has 2 aromatic rings. The minimum absolute atomic E-state index is 0.0498.